The van der Waals surface area contributed by atoms with Crippen LogP contribution in [0.25, 0.3) is 0 Å². The van der Waals surface area contributed by atoms with E-state index >= 15 is 0 Å². The van der Waals surface area contributed by atoms with Crippen molar-refractivity contribution in [3.05, 3.63) is 15.6 Å². The zero-order chi connectivity index (χ0) is 14.0. The highest BCUT2D eigenvalue weighted by atomic mass is 32.1. The van der Waals surface area contributed by atoms with Gasteiger partial charge in [0, 0.05) is 26.1 Å². The third-order valence-electron chi connectivity index (χ3n) is 3.22. The number of carbonyl (C=O) groups is 2. The summed E-state index contributed by atoms with van der Waals surface area (Å²) in [6.45, 7) is 4.24. The van der Waals surface area contributed by atoms with Crippen molar-refractivity contribution >= 4 is 23.2 Å². The number of carbonyl (C=O) groups excluding carboxylic acids is 1. The van der Waals surface area contributed by atoms with Crippen molar-refractivity contribution in [2.24, 2.45) is 0 Å². The summed E-state index contributed by atoms with van der Waals surface area (Å²) in [7, 11) is 0. The number of hydrogen-bond donors (Lipinski definition) is 2. The van der Waals surface area contributed by atoms with Crippen LogP contribution in [0, 0.1) is 13.8 Å². The van der Waals surface area contributed by atoms with Gasteiger partial charge in [-0.05, 0) is 13.8 Å². The standard InChI is InChI=1S/C12H16N2O4S/c1-7-9(19-8(2)13-7)10(15)14-12(11(16)17)3-5-18-6-4-12/h3-6H2,1-2H3,(H,14,15)(H,16,17). The van der Waals surface area contributed by atoms with Gasteiger partial charge in [-0.2, -0.15) is 0 Å². The third-order valence-corrected chi connectivity index (χ3v) is 4.29. The minimum absolute atomic E-state index is 0.283. The van der Waals surface area contributed by atoms with E-state index in [0.717, 1.165) is 5.01 Å². The van der Waals surface area contributed by atoms with Crippen molar-refractivity contribution in [1.29, 1.82) is 0 Å². The second-order valence-corrected chi connectivity index (χ2v) is 5.80. The summed E-state index contributed by atoms with van der Waals surface area (Å²) >= 11 is 1.27. The van der Waals surface area contributed by atoms with E-state index in [-0.39, 0.29) is 18.7 Å². The molecule has 1 fully saturated rings. The molecule has 2 heterocycles. The highest BCUT2D eigenvalue weighted by Gasteiger charge is 2.42. The average Bonchev–Trinajstić information content (AvgIpc) is 2.69. The van der Waals surface area contributed by atoms with Gasteiger partial charge in [-0.1, -0.05) is 0 Å². The van der Waals surface area contributed by atoms with Crippen molar-refractivity contribution < 1.29 is 19.4 Å². The smallest absolute Gasteiger partial charge is 0.329 e. The van der Waals surface area contributed by atoms with Crippen molar-refractivity contribution in [1.82, 2.24) is 10.3 Å². The molecule has 7 heteroatoms. The van der Waals surface area contributed by atoms with Gasteiger partial charge in [-0.25, -0.2) is 9.78 Å². The fourth-order valence-corrected chi connectivity index (χ4v) is 2.94. The largest absolute Gasteiger partial charge is 0.480 e. The first-order valence-corrected chi connectivity index (χ1v) is 6.84. The molecule has 6 nitrogen and oxygen atoms in total. The van der Waals surface area contributed by atoms with Gasteiger partial charge in [-0.3, -0.25) is 4.79 Å². The Balaban J connectivity index is 2.20. The van der Waals surface area contributed by atoms with Gasteiger partial charge in [0.1, 0.15) is 10.4 Å². The number of nitrogens with one attached hydrogen (secondary N) is 1. The molecular formula is C12H16N2O4S. The molecular weight excluding hydrogens is 268 g/mol. The van der Waals surface area contributed by atoms with Crippen LogP contribution >= 0.6 is 11.3 Å². The molecule has 19 heavy (non-hydrogen) atoms. The summed E-state index contributed by atoms with van der Waals surface area (Å²) in [5, 5.41) is 12.8. The number of amides is 1. The molecule has 0 aliphatic carbocycles. The van der Waals surface area contributed by atoms with E-state index < -0.39 is 11.5 Å². The SMILES string of the molecule is Cc1nc(C)c(C(=O)NC2(C(=O)O)CCOCC2)s1. The molecule has 1 aromatic rings. The first kappa shape index (κ1) is 14.0. The predicted octanol–water partition coefficient (Wildman–Crippen LogP) is 1.12. The van der Waals surface area contributed by atoms with Crippen LogP contribution < -0.4 is 5.32 Å². The lowest BCUT2D eigenvalue weighted by molar-refractivity contribution is -0.148. The lowest BCUT2D eigenvalue weighted by Crippen LogP contribution is -2.57. The Hall–Kier alpha value is -1.47. The van der Waals surface area contributed by atoms with E-state index in [0.29, 0.717) is 23.8 Å². The summed E-state index contributed by atoms with van der Waals surface area (Å²) < 4.78 is 5.17. The number of nitrogens with zero attached hydrogens (tertiary/aromatic N) is 1. The maximum absolute atomic E-state index is 12.2. The van der Waals surface area contributed by atoms with Gasteiger partial charge in [0.05, 0.1) is 10.7 Å². The molecule has 1 aliphatic heterocycles. The number of carboxylic acid groups (broad SMARTS) is 1. The van der Waals surface area contributed by atoms with Gasteiger partial charge in [0.2, 0.25) is 0 Å². The summed E-state index contributed by atoms with van der Waals surface area (Å²) in [5.41, 5.74) is -0.591. The Labute approximate surface area is 114 Å². The molecule has 104 valence electrons. The Morgan fingerprint density at radius 2 is 2.00 bits per heavy atom. The van der Waals surface area contributed by atoms with Gasteiger partial charge < -0.3 is 15.2 Å². The van der Waals surface area contributed by atoms with Crippen LogP contribution in [0.2, 0.25) is 0 Å². The quantitative estimate of drug-likeness (QED) is 0.868. The number of ether oxygens (including phenoxy) is 1. The minimum atomic E-state index is -1.22. The summed E-state index contributed by atoms with van der Waals surface area (Å²) in [5.74, 6) is -1.38. The molecule has 0 atom stereocenters. The first-order chi connectivity index (χ1) is 8.94. The minimum Gasteiger partial charge on any atom is -0.480 e. The first-order valence-electron chi connectivity index (χ1n) is 6.02. The summed E-state index contributed by atoms with van der Waals surface area (Å²) in [4.78, 5) is 28.3. The number of hydrogen-bond acceptors (Lipinski definition) is 5. The van der Waals surface area contributed by atoms with Gasteiger partial charge >= 0.3 is 5.97 Å². The molecule has 2 N–H and O–H groups in total. The number of aromatic nitrogens is 1. The number of aliphatic carboxylic acids is 1. The van der Waals surface area contributed by atoms with Crippen molar-refractivity contribution in [3.8, 4) is 0 Å². The second kappa shape index (κ2) is 5.26. The van der Waals surface area contributed by atoms with Gasteiger partial charge in [0.15, 0.2) is 0 Å². The molecule has 0 aromatic carbocycles. The van der Waals surface area contributed by atoms with Gasteiger partial charge in [0.25, 0.3) is 5.91 Å². The van der Waals surface area contributed by atoms with Crippen LogP contribution in [-0.4, -0.2) is 40.7 Å². The Kier molecular flexibility index (Phi) is 3.86. The lowest BCUT2D eigenvalue weighted by Gasteiger charge is -2.33. The monoisotopic (exact) mass is 284 g/mol. The zero-order valence-electron chi connectivity index (χ0n) is 10.9. The van der Waals surface area contributed by atoms with E-state index in [1.807, 2.05) is 6.92 Å². The zero-order valence-corrected chi connectivity index (χ0v) is 11.7. The molecule has 0 radical (unpaired) electrons. The third kappa shape index (κ3) is 2.76. The Morgan fingerprint density at radius 1 is 1.37 bits per heavy atom. The molecule has 0 spiro atoms. The second-order valence-electron chi connectivity index (χ2n) is 4.60. The molecule has 1 aromatic heterocycles. The lowest BCUT2D eigenvalue weighted by atomic mass is 9.90. The fraction of sp³-hybridized carbons (Fsp3) is 0.583. The highest BCUT2D eigenvalue weighted by molar-refractivity contribution is 7.13. The number of aryl methyl sites for hydroxylation is 2. The molecule has 1 aliphatic rings. The predicted molar refractivity (Wildman–Crippen MR) is 69.5 cm³/mol. The Morgan fingerprint density at radius 3 is 2.47 bits per heavy atom. The van der Waals surface area contributed by atoms with Crippen LogP contribution in [0.3, 0.4) is 0 Å². The van der Waals surface area contributed by atoms with Crippen LogP contribution in [0.1, 0.15) is 33.2 Å². The normalized spacial score (nSPS) is 18.0. The topological polar surface area (TPSA) is 88.5 Å². The maximum Gasteiger partial charge on any atom is 0.329 e. The summed E-state index contributed by atoms with van der Waals surface area (Å²) in [6.07, 6.45) is 0.565. The van der Waals surface area contributed by atoms with E-state index in [2.05, 4.69) is 10.3 Å². The highest BCUT2D eigenvalue weighted by Crippen LogP contribution is 2.24. The van der Waals surface area contributed by atoms with Crippen LogP contribution in [-0.2, 0) is 9.53 Å². The number of thiazole rings is 1. The van der Waals surface area contributed by atoms with E-state index in [1.54, 1.807) is 6.92 Å². The van der Waals surface area contributed by atoms with Gasteiger partial charge in [-0.15, -0.1) is 11.3 Å². The Bertz CT molecular complexity index is 506. The van der Waals surface area contributed by atoms with E-state index in [4.69, 9.17) is 4.74 Å². The fourth-order valence-electron chi connectivity index (χ4n) is 2.13. The molecule has 1 saturated heterocycles. The molecule has 0 bridgehead atoms. The number of carboxylic acids is 1. The van der Waals surface area contributed by atoms with Crippen LogP contribution in [0.5, 0.6) is 0 Å². The van der Waals surface area contributed by atoms with Crippen molar-refractivity contribution in [2.75, 3.05) is 13.2 Å². The number of rotatable bonds is 3. The molecule has 0 saturated carbocycles. The van der Waals surface area contributed by atoms with Crippen LogP contribution in [0.4, 0.5) is 0 Å². The summed E-state index contributed by atoms with van der Waals surface area (Å²) in [6, 6.07) is 0. The van der Waals surface area contributed by atoms with Crippen molar-refractivity contribution in [2.45, 2.75) is 32.2 Å². The molecule has 1 amide bonds. The molecule has 2 rings (SSSR count). The van der Waals surface area contributed by atoms with E-state index in [9.17, 15) is 14.7 Å². The van der Waals surface area contributed by atoms with E-state index in [1.165, 1.54) is 11.3 Å². The molecule has 0 unspecified atom stereocenters. The average molecular weight is 284 g/mol. The van der Waals surface area contributed by atoms with Crippen molar-refractivity contribution in [3.63, 3.8) is 0 Å². The van der Waals surface area contributed by atoms with Crippen LogP contribution in [0.15, 0.2) is 0 Å². The maximum atomic E-state index is 12.2.